The fraction of sp³-hybridized carbons (Fsp3) is 0.286. The van der Waals surface area contributed by atoms with E-state index in [1.54, 1.807) is 40.6 Å². The van der Waals surface area contributed by atoms with Gasteiger partial charge in [-0.05, 0) is 24.3 Å². The number of aromatic nitrogens is 2. The monoisotopic (exact) mass is 376 g/mol. The molecule has 0 unspecified atom stereocenters. The molecule has 0 fully saturated rings. The molecule has 0 bridgehead atoms. The van der Waals surface area contributed by atoms with Gasteiger partial charge in [0.05, 0.1) is 11.4 Å². The van der Waals surface area contributed by atoms with E-state index in [1.807, 2.05) is 36.4 Å². The number of rotatable bonds is 1. The van der Waals surface area contributed by atoms with Gasteiger partial charge in [0.25, 0.3) is 0 Å². The molecule has 2 aromatic heterocycles. The maximum absolute atomic E-state index is 6.75. The van der Waals surface area contributed by atoms with Crippen LogP contribution in [0.3, 0.4) is 0 Å². The summed E-state index contributed by atoms with van der Waals surface area (Å²) in [6.45, 7) is 0. The second kappa shape index (κ2) is 29.6. The molecule has 0 spiro atoms. The van der Waals surface area contributed by atoms with Crippen LogP contribution in [0.1, 0.15) is 0 Å². The second-order valence-electron chi connectivity index (χ2n) is 3.50. The van der Waals surface area contributed by atoms with E-state index in [0.717, 1.165) is 11.4 Å². The molecular weight excluding hydrogens is 356 g/mol. The molecule has 0 atom stereocenters. The van der Waals surface area contributed by atoms with E-state index in [9.17, 15) is 0 Å². The summed E-state index contributed by atoms with van der Waals surface area (Å²) >= 11 is 0. The van der Waals surface area contributed by atoms with Gasteiger partial charge < -0.3 is 32.8 Å². The third kappa shape index (κ3) is 26.7. The summed E-state index contributed by atoms with van der Waals surface area (Å²) in [4.78, 5) is 11.4. The van der Waals surface area contributed by atoms with E-state index in [2.05, 4.69) is 20.6 Å². The Hall–Kier alpha value is -2.45. The van der Waals surface area contributed by atoms with Gasteiger partial charge in [0.15, 0.2) is 0 Å². The van der Waals surface area contributed by atoms with Gasteiger partial charge in [-0.25, -0.2) is 0 Å². The molecular formula is C14H20N10Ti. The van der Waals surface area contributed by atoms with E-state index in [1.165, 1.54) is 9.82 Å². The Kier molecular flexibility index (Phi) is 36.0. The number of hydrogen-bond donors (Lipinski definition) is 0. The zero-order valence-corrected chi connectivity index (χ0v) is 16.2. The average molecular weight is 376 g/mol. The quantitative estimate of drug-likeness (QED) is 0.291. The summed E-state index contributed by atoms with van der Waals surface area (Å²) in [7, 11) is 7.00. The minimum absolute atomic E-state index is 0. The van der Waals surface area contributed by atoms with Crippen LogP contribution in [0.15, 0.2) is 48.8 Å². The maximum atomic E-state index is 6.75. The van der Waals surface area contributed by atoms with Crippen molar-refractivity contribution in [2.75, 3.05) is 28.2 Å². The smallest absolute Gasteiger partial charge is 0.668 e. The minimum Gasteiger partial charge on any atom is -0.668 e. The van der Waals surface area contributed by atoms with Gasteiger partial charge in [0, 0.05) is 12.4 Å². The van der Waals surface area contributed by atoms with E-state index in [4.69, 9.17) is 22.1 Å². The standard InChI is InChI=1S/C10H8N2.2C2H6N.2N3.Ti/c1-3-7-11-9(5-1)10-6-2-4-8-12-10;4*1-3-2;/h1-8H;2*1-2H3;;;/q;4*-1;+4. The fourth-order valence-electron chi connectivity index (χ4n) is 1.03. The molecule has 10 nitrogen and oxygen atoms in total. The maximum Gasteiger partial charge on any atom is 4.00 e. The summed E-state index contributed by atoms with van der Waals surface area (Å²) in [6.07, 6.45) is 3.54. The average Bonchev–Trinajstić information content (AvgIpc) is 2.59. The largest absolute Gasteiger partial charge is 4.00 e. The van der Waals surface area contributed by atoms with Crippen molar-refractivity contribution in [2.45, 2.75) is 0 Å². The first-order valence-corrected chi connectivity index (χ1v) is 6.38. The molecule has 0 radical (unpaired) electrons. The molecule has 0 aromatic carbocycles. The van der Waals surface area contributed by atoms with E-state index >= 15 is 0 Å². The molecule has 0 aliphatic carbocycles. The Balaban J connectivity index is -0.000000143. The molecule has 11 heteroatoms. The predicted molar refractivity (Wildman–Crippen MR) is 98.0 cm³/mol. The zero-order chi connectivity index (χ0) is 19.1. The Morgan fingerprint density at radius 3 is 1.08 bits per heavy atom. The van der Waals surface area contributed by atoms with Gasteiger partial charge >= 0.3 is 21.7 Å². The van der Waals surface area contributed by atoms with Crippen molar-refractivity contribution in [2.24, 2.45) is 0 Å². The van der Waals surface area contributed by atoms with Gasteiger partial charge in [-0.3, -0.25) is 19.8 Å². The first-order chi connectivity index (χ1) is 11.6. The molecule has 0 aliphatic heterocycles. The van der Waals surface area contributed by atoms with Crippen molar-refractivity contribution in [3.8, 4) is 11.4 Å². The number of nitrogens with zero attached hydrogens (tertiary/aromatic N) is 10. The van der Waals surface area contributed by atoms with Crippen molar-refractivity contribution in [1.29, 1.82) is 0 Å². The van der Waals surface area contributed by atoms with E-state index < -0.39 is 0 Å². The van der Waals surface area contributed by atoms with Gasteiger partial charge in [-0.15, -0.1) is 0 Å². The molecule has 0 aliphatic rings. The van der Waals surface area contributed by atoms with Crippen LogP contribution in [-0.4, -0.2) is 38.2 Å². The molecule has 0 amide bonds. The van der Waals surface area contributed by atoms with Crippen LogP contribution < -0.4 is 0 Å². The summed E-state index contributed by atoms with van der Waals surface area (Å²) in [5.74, 6) is 0. The van der Waals surface area contributed by atoms with Crippen molar-refractivity contribution >= 4 is 0 Å². The first-order valence-electron chi connectivity index (χ1n) is 6.38. The van der Waals surface area contributed by atoms with Gasteiger partial charge in [0.1, 0.15) is 0 Å². The molecule has 2 aromatic rings. The second-order valence-corrected chi connectivity index (χ2v) is 3.50. The molecule has 130 valence electrons. The third-order valence-corrected chi connectivity index (χ3v) is 1.59. The summed E-state index contributed by atoms with van der Waals surface area (Å²) < 4.78 is 0. The number of hydrogen-bond acceptors (Lipinski definition) is 2. The van der Waals surface area contributed by atoms with Crippen LogP contribution in [0.4, 0.5) is 0 Å². The Labute approximate surface area is 162 Å². The SMILES string of the molecule is C[N-]C.C[N-]C.[N-]=[N+]=[N-].[N-]=[N+]=[N-].[Ti+4].c1ccc(-c2ccccn2)nc1. The Morgan fingerprint density at radius 2 is 0.920 bits per heavy atom. The Bertz CT molecular complexity index is 487. The zero-order valence-electron chi connectivity index (χ0n) is 14.6. The van der Waals surface area contributed by atoms with Crippen molar-refractivity contribution in [3.63, 3.8) is 0 Å². The van der Waals surface area contributed by atoms with Gasteiger partial charge in [-0.2, -0.15) is 28.2 Å². The molecule has 0 N–H and O–H groups in total. The van der Waals surface area contributed by atoms with E-state index in [-0.39, 0.29) is 21.7 Å². The van der Waals surface area contributed by atoms with Crippen molar-refractivity contribution in [3.05, 3.63) is 91.4 Å². The summed E-state index contributed by atoms with van der Waals surface area (Å²) in [5, 5.41) is 7.00. The van der Waals surface area contributed by atoms with Crippen LogP contribution in [0.25, 0.3) is 54.0 Å². The third-order valence-electron chi connectivity index (χ3n) is 1.59. The van der Waals surface area contributed by atoms with Gasteiger partial charge in [0.2, 0.25) is 0 Å². The fourth-order valence-corrected chi connectivity index (χ4v) is 1.03. The van der Waals surface area contributed by atoms with Crippen molar-refractivity contribution in [1.82, 2.24) is 9.97 Å². The van der Waals surface area contributed by atoms with E-state index in [0.29, 0.717) is 0 Å². The van der Waals surface area contributed by atoms with Crippen LogP contribution >= 0.6 is 0 Å². The minimum atomic E-state index is 0. The molecule has 2 rings (SSSR count). The molecule has 0 saturated heterocycles. The molecule has 2 heterocycles. The summed E-state index contributed by atoms with van der Waals surface area (Å²) in [6, 6.07) is 11.6. The molecule has 0 saturated carbocycles. The van der Waals surface area contributed by atoms with Crippen LogP contribution in [0.2, 0.25) is 0 Å². The Morgan fingerprint density at radius 1 is 0.680 bits per heavy atom. The van der Waals surface area contributed by atoms with Crippen LogP contribution in [-0.2, 0) is 21.7 Å². The normalized spacial score (nSPS) is 6.72. The molecule has 25 heavy (non-hydrogen) atoms. The van der Waals surface area contributed by atoms with Crippen LogP contribution in [0.5, 0.6) is 0 Å². The topological polar surface area (TPSA) is 171 Å². The van der Waals surface area contributed by atoms with Gasteiger partial charge in [-0.1, -0.05) is 12.1 Å². The summed E-state index contributed by atoms with van der Waals surface area (Å²) in [5.41, 5.74) is 28.8. The first kappa shape index (κ1) is 30.4. The van der Waals surface area contributed by atoms with Crippen LogP contribution in [0, 0.1) is 0 Å². The predicted octanol–water partition coefficient (Wildman–Crippen LogP) is 5.11. The van der Waals surface area contributed by atoms with Crippen molar-refractivity contribution < 1.29 is 21.7 Å². The number of pyridine rings is 2.